The van der Waals surface area contributed by atoms with Crippen molar-refractivity contribution in [2.45, 2.75) is 12.8 Å². The Bertz CT molecular complexity index is 871. The van der Waals surface area contributed by atoms with Gasteiger partial charge in [-0.3, -0.25) is 9.69 Å². The number of allylic oxidation sites excluding steroid dienone is 2. The lowest BCUT2D eigenvalue weighted by Crippen LogP contribution is -2.28. The molecule has 1 heterocycles. The molecule has 26 heavy (non-hydrogen) atoms. The highest BCUT2D eigenvalue weighted by Crippen LogP contribution is 2.35. The molecule has 1 atom stereocenters. The third-order valence-electron chi connectivity index (χ3n) is 4.09. The fraction of sp³-hybridized carbons (Fsp3) is 0.143. The number of ketones is 1. The molecule has 3 rings (SSSR count). The predicted molar refractivity (Wildman–Crippen MR) is 97.9 cm³/mol. The molecular weight excluding hydrogens is 330 g/mol. The van der Waals surface area contributed by atoms with Crippen LogP contribution >= 0.6 is 0 Å². The van der Waals surface area contributed by atoms with Crippen molar-refractivity contribution < 1.29 is 19.1 Å². The molecule has 1 amide bonds. The molecule has 0 N–H and O–H groups in total. The standard InChI is InChI=1S/C21H19NO4/c1-15(23)19-14-22(21(24)26-16-8-4-3-5-9-16)13-12-17(19)18-10-6-7-11-20(18)25-2/h3-14,17H,1-2H3. The normalized spacial score (nSPS) is 16.0. The van der Waals surface area contributed by atoms with E-state index in [1.54, 1.807) is 43.7 Å². The van der Waals surface area contributed by atoms with Crippen LogP contribution in [0.15, 0.2) is 78.6 Å². The number of para-hydroxylation sites is 2. The van der Waals surface area contributed by atoms with Gasteiger partial charge in [0.2, 0.25) is 0 Å². The van der Waals surface area contributed by atoms with Crippen LogP contribution in [-0.2, 0) is 4.79 Å². The maximum absolute atomic E-state index is 12.4. The van der Waals surface area contributed by atoms with E-state index in [-0.39, 0.29) is 11.7 Å². The molecular formula is C21H19NO4. The van der Waals surface area contributed by atoms with Gasteiger partial charge in [-0.05, 0) is 25.1 Å². The zero-order valence-electron chi connectivity index (χ0n) is 14.6. The molecule has 0 spiro atoms. The molecule has 1 aliphatic rings. The van der Waals surface area contributed by atoms with Crippen LogP contribution in [0, 0.1) is 0 Å². The van der Waals surface area contributed by atoms with E-state index in [1.165, 1.54) is 18.0 Å². The Hall–Kier alpha value is -3.34. The minimum Gasteiger partial charge on any atom is -0.496 e. The van der Waals surface area contributed by atoms with E-state index in [0.717, 1.165) is 5.56 Å². The molecule has 0 fully saturated rings. The quantitative estimate of drug-likeness (QED) is 0.827. The van der Waals surface area contributed by atoms with Crippen LogP contribution in [0.5, 0.6) is 11.5 Å². The van der Waals surface area contributed by atoms with Gasteiger partial charge >= 0.3 is 6.09 Å². The summed E-state index contributed by atoms with van der Waals surface area (Å²) in [7, 11) is 1.59. The molecule has 132 valence electrons. The van der Waals surface area contributed by atoms with Gasteiger partial charge < -0.3 is 9.47 Å². The SMILES string of the molecule is COc1ccccc1C1C=CN(C(=O)Oc2ccccc2)C=C1C(C)=O. The van der Waals surface area contributed by atoms with Crippen LogP contribution in [0.25, 0.3) is 0 Å². The fourth-order valence-corrected chi connectivity index (χ4v) is 2.82. The number of nitrogens with zero attached hydrogens (tertiary/aromatic N) is 1. The maximum Gasteiger partial charge on any atom is 0.423 e. The average Bonchev–Trinajstić information content (AvgIpc) is 2.68. The van der Waals surface area contributed by atoms with Gasteiger partial charge in [0, 0.05) is 29.5 Å². The zero-order valence-corrected chi connectivity index (χ0v) is 14.6. The first-order valence-electron chi connectivity index (χ1n) is 8.19. The van der Waals surface area contributed by atoms with Crippen LogP contribution in [-0.4, -0.2) is 23.9 Å². The molecule has 5 heteroatoms. The smallest absolute Gasteiger partial charge is 0.423 e. The maximum atomic E-state index is 12.4. The first-order chi connectivity index (χ1) is 12.6. The lowest BCUT2D eigenvalue weighted by atomic mass is 9.87. The van der Waals surface area contributed by atoms with Crippen molar-refractivity contribution in [2.24, 2.45) is 0 Å². The van der Waals surface area contributed by atoms with E-state index in [1.807, 2.05) is 30.3 Å². The summed E-state index contributed by atoms with van der Waals surface area (Å²) in [6, 6.07) is 16.3. The van der Waals surface area contributed by atoms with Crippen molar-refractivity contribution in [1.29, 1.82) is 0 Å². The van der Waals surface area contributed by atoms with E-state index in [9.17, 15) is 9.59 Å². The number of carbonyl (C=O) groups is 2. The topological polar surface area (TPSA) is 55.8 Å². The molecule has 0 aromatic heterocycles. The highest BCUT2D eigenvalue weighted by atomic mass is 16.6. The van der Waals surface area contributed by atoms with Gasteiger partial charge in [-0.2, -0.15) is 0 Å². The molecule has 0 radical (unpaired) electrons. The summed E-state index contributed by atoms with van der Waals surface area (Å²) in [5.74, 6) is 0.720. The number of amides is 1. The summed E-state index contributed by atoms with van der Waals surface area (Å²) in [6.45, 7) is 1.48. The summed E-state index contributed by atoms with van der Waals surface area (Å²) in [4.78, 5) is 25.8. The minimum absolute atomic E-state index is 0.122. The molecule has 0 saturated heterocycles. The van der Waals surface area contributed by atoms with Crippen LogP contribution in [0.3, 0.4) is 0 Å². The summed E-state index contributed by atoms with van der Waals surface area (Å²) >= 11 is 0. The summed E-state index contributed by atoms with van der Waals surface area (Å²) in [5, 5.41) is 0. The molecule has 1 aliphatic heterocycles. The molecule has 0 aliphatic carbocycles. The number of carbonyl (C=O) groups excluding carboxylic acids is 2. The Kier molecular flexibility index (Phi) is 5.17. The number of hydrogen-bond donors (Lipinski definition) is 0. The number of ether oxygens (including phenoxy) is 2. The van der Waals surface area contributed by atoms with E-state index in [4.69, 9.17) is 9.47 Å². The van der Waals surface area contributed by atoms with Crippen LogP contribution in [0.2, 0.25) is 0 Å². The van der Waals surface area contributed by atoms with Crippen molar-refractivity contribution in [3.8, 4) is 11.5 Å². The van der Waals surface area contributed by atoms with E-state index in [0.29, 0.717) is 17.1 Å². The van der Waals surface area contributed by atoms with Gasteiger partial charge in [-0.25, -0.2) is 4.79 Å². The summed E-state index contributed by atoms with van der Waals surface area (Å²) in [6.07, 6.45) is 4.34. The van der Waals surface area contributed by atoms with Crippen molar-refractivity contribution in [3.05, 3.63) is 84.2 Å². The number of Topliss-reactive ketones (excluding diaryl/α,β-unsaturated/α-hetero) is 1. The minimum atomic E-state index is -0.579. The summed E-state index contributed by atoms with van der Waals surface area (Å²) < 4.78 is 10.7. The van der Waals surface area contributed by atoms with Crippen molar-refractivity contribution in [2.75, 3.05) is 7.11 Å². The van der Waals surface area contributed by atoms with Crippen molar-refractivity contribution in [3.63, 3.8) is 0 Å². The third kappa shape index (κ3) is 3.67. The molecule has 2 aromatic rings. The van der Waals surface area contributed by atoms with E-state index >= 15 is 0 Å². The van der Waals surface area contributed by atoms with Crippen LogP contribution in [0.4, 0.5) is 4.79 Å². The number of hydrogen-bond acceptors (Lipinski definition) is 4. The second-order valence-electron chi connectivity index (χ2n) is 5.79. The zero-order chi connectivity index (χ0) is 18.5. The van der Waals surface area contributed by atoms with Gasteiger partial charge in [0.1, 0.15) is 11.5 Å². The van der Waals surface area contributed by atoms with Gasteiger partial charge in [0.25, 0.3) is 0 Å². The number of methoxy groups -OCH3 is 1. The number of benzene rings is 2. The van der Waals surface area contributed by atoms with E-state index < -0.39 is 6.09 Å². The molecule has 0 bridgehead atoms. The number of rotatable bonds is 4. The highest BCUT2D eigenvalue weighted by Gasteiger charge is 2.27. The lowest BCUT2D eigenvalue weighted by molar-refractivity contribution is -0.113. The summed E-state index contributed by atoms with van der Waals surface area (Å²) in [5.41, 5.74) is 1.35. The van der Waals surface area contributed by atoms with Crippen molar-refractivity contribution >= 4 is 11.9 Å². The van der Waals surface area contributed by atoms with Crippen LogP contribution in [0.1, 0.15) is 18.4 Å². The second kappa shape index (κ2) is 7.70. The van der Waals surface area contributed by atoms with Gasteiger partial charge in [-0.1, -0.05) is 42.5 Å². The fourth-order valence-electron chi connectivity index (χ4n) is 2.82. The first kappa shape index (κ1) is 17.5. The highest BCUT2D eigenvalue weighted by molar-refractivity contribution is 5.96. The first-order valence-corrected chi connectivity index (χ1v) is 8.19. The van der Waals surface area contributed by atoms with Gasteiger partial charge in [0.15, 0.2) is 5.78 Å². The van der Waals surface area contributed by atoms with E-state index in [2.05, 4.69) is 0 Å². The Morgan fingerprint density at radius 1 is 1.00 bits per heavy atom. The Morgan fingerprint density at radius 3 is 2.38 bits per heavy atom. The largest absolute Gasteiger partial charge is 0.496 e. The van der Waals surface area contributed by atoms with Crippen LogP contribution < -0.4 is 9.47 Å². The predicted octanol–water partition coefficient (Wildman–Crippen LogP) is 4.28. The Balaban J connectivity index is 1.87. The Morgan fingerprint density at radius 2 is 1.69 bits per heavy atom. The van der Waals surface area contributed by atoms with Crippen molar-refractivity contribution in [1.82, 2.24) is 4.90 Å². The molecule has 1 unspecified atom stereocenters. The molecule has 0 saturated carbocycles. The Labute approximate surface area is 152 Å². The second-order valence-corrected chi connectivity index (χ2v) is 5.79. The molecule has 2 aromatic carbocycles. The van der Waals surface area contributed by atoms with Gasteiger partial charge in [0.05, 0.1) is 7.11 Å². The van der Waals surface area contributed by atoms with Gasteiger partial charge in [-0.15, -0.1) is 0 Å². The monoisotopic (exact) mass is 349 g/mol. The average molecular weight is 349 g/mol. The lowest BCUT2D eigenvalue weighted by Gasteiger charge is -2.25. The third-order valence-corrected chi connectivity index (χ3v) is 4.09. The molecule has 5 nitrogen and oxygen atoms in total.